The molecule has 0 heterocycles. The molecule has 0 aromatic carbocycles. The second kappa shape index (κ2) is 4.68. The summed E-state index contributed by atoms with van der Waals surface area (Å²) in [5, 5.41) is 8.63. The number of carbonyl (C=O) groups is 3. The van der Waals surface area contributed by atoms with Gasteiger partial charge in [-0.2, -0.15) is 0 Å². The molecule has 1 atom stereocenters. The van der Waals surface area contributed by atoms with Crippen molar-refractivity contribution in [1.29, 1.82) is 0 Å². The molecule has 0 bridgehead atoms. The lowest BCUT2D eigenvalue weighted by Gasteiger charge is -2.20. The lowest BCUT2D eigenvalue weighted by molar-refractivity contribution is -0.148. The van der Waals surface area contributed by atoms with E-state index in [0.29, 0.717) is 0 Å². The summed E-state index contributed by atoms with van der Waals surface area (Å²) in [6, 6.07) is 0. The number of Topliss-reactive ketones (excluding diaryl/α,β-unsaturated/α-hetero) is 1. The minimum absolute atomic E-state index is 0.231. The molecule has 0 rings (SSSR count). The Hall–Kier alpha value is -1.47. The second-order valence-electron chi connectivity index (χ2n) is 2.87. The fraction of sp³-hybridized carbons (Fsp3) is 0.571. The van der Waals surface area contributed by atoms with Crippen LogP contribution in [0.1, 0.15) is 12.8 Å². The molecule has 1 unspecified atom stereocenters. The zero-order valence-electron chi connectivity index (χ0n) is 7.53. The monoisotopic (exact) mass is 203 g/mol. The van der Waals surface area contributed by atoms with Crippen LogP contribution in [0.5, 0.6) is 0 Å². The van der Waals surface area contributed by atoms with Crippen LogP contribution in [0.25, 0.3) is 0 Å². The Bertz CT molecular complexity index is 266. The summed E-state index contributed by atoms with van der Waals surface area (Å²) < 4.78 is 0. The summed E-state index contributed by atoms with van der Waals surface area (Å²) in [5.41, 5.74) is 13.0. The summed E-state index contributed by atoms with van der Waals surface area (Å²) in [6.45, 7) is -0.514. The van der Waals surface area contributed by atoms with Crippen molar-refractivity contribution in [2.24, 2.45) is 17.2 Å². The standard InChI is InChI=1S/C7H13N3O4/c8-3-7(10,6(13)14)4(11)1-2-5(9)12/h1-3,8,10H2,(H2,9,12)(H,13,14). The van der Waals surface area contributed by atoms with Gasteiger partial charge in [-0.05, 0) is 0 Å². The molecule has 0 saturated carbocycles. The van der Waals surface area contributed by atoms with Gasteiger partial charge in [-0.25, -0.2) is 4.79 Å². The summed E-state index contributed by atoms with van der Waals surface area (Å²) in [6.07, 6.45) is -0.541. The van der Waals surface area contributed by atoms with Crippen LogP contribution in [0.2, 0.25) is 0 Å². The number of hydrogen-bond donors (Lipinski definition) is 4. The van der Waals surface area contributed by atoms with Gasteiger partial charge in [0, 0.05) is 19.4 Å². The van der Waals surface area contributed by atoms with Gasteiger partial charge in [0.25, 0.3) is 0 Å². The van der Waals surface area contributed by atoms with Crippen molar-refractivity contribution in [1.82, 2.24) is 0 Å². The molecule has 0 aliphatic rings. The highest BCUT2D eigenvalue weighted by Gasteiger charge is 2.40. The van der Waals surface area contributed by atoms with Crippen molar-refractivity contribution in [3.63, 3.8) is 0 Å². The van der Waals surface area contributed by atoms with E-state index in [0.717, 1.165) is 0 Å². The summed E-state index contributed by atoms with van der Waals surface area (Å²) in [4.78, 5) is 32.2. The molecule has 0 radical (unpaired) electrons. The predicted octanol–water partition coefficient (Wildman–Crippen LogP) is -2.44. The van der Waals surface area contributed by atoms with E-state index in [9.17, 15) is 14.4 Å². The van der Waals surface area contributed by atoms with Crippen molar-refractivity contribution in [3.05, 3.63) is 0 Å². The van der Waals surface area contributed by atoms with Crippen molar-refractivity contribution in [2.45, 2.75) is 18.4 Å². The van der Waals surface area contributed by atoms with E-state index in [1.54, 1.807) is 0 Å². The Morgan fingerprint density at radius 1 is 1.21 bits per heavy atom. The molecule has 0 spiro atoms. The third kappa shape index (κ3) is 2.79. The lowest BCUT2D eigenvalue weighted by atomic mass is 9.92. The molecular formula is C7H13N3O4. The van der Waals surface area contributed by atoms with E-state index in [4.69, 9.17) is 22.3 Å². The lowest BCUT2D eigenvalue weighted by Crippen LogP contribution is -2.60. The number of carboxylic acid groups (broad SMARTS) is 1. The molecule has 0 aliphatic heterocycles. The van der Waals surface area contributed by atoms with Gasteiger partial charge < -0.3 is 22.3 Å². The Morgan fingerprint density at radius 2 is 1.71 bits per heavy atom. The van der Waals surface area contributed by atoms with Crippen molar-refractivity contribution < 1.29 is 19.5 Å². The number of primary amides is 1. The first-order valence-corrected chi connectivity index (χ1v) is 3.88. The van der Waals surface area contributed by atoms with Gasteiger partial charge in [-0.3, -0.25) is 9.59 Å². The first-order chi connectivity index (χ1) is 6.34. The maximum Gasteiger partial charge on any atom is 0.332 e. The first kappa shape index (κ1) is 12.5. The number of carbonyl (C=O) groups excluding carboxylic acids is 2. The van der Waals surface area contributed by atoms with Gasteiger partial charge in [0.1, 0.15) is 0 Å². The maximum atomic E-state index is 11.2. The zero-order chi connectivity index (χ0) is 11.4. The zero-order valence-corrected chi connectivity index (χ0v) is 7.53. The molecule has 14 heavy (non-hydrogen) atoms. The number of carboxylic acids is 1. The van der Waals surface area contributed by atoms with Crippen LogP contribution in [-0.2, 0) is 14.4 Å². The molecule has 0 saturated heterocycles. The summed E-state index contributed by atoms with van der Waals surface area (Å²) >= 11 is 0. The van der Waals surface area contributed by atoms with Crippen molar-refractivity contribution in [3.8, 4) is 0 Å². The van der Waals surface area contributed by atoms with E-state index < -0.39 is 29.7 Å². The molecule has 7 nitrogen and oxygen atoms in total. The van der Waals surface area contributed by atoms with Gasteiger partial charge >= 0.3 is 5.97 Å². The quantitative estimate of drug-likeness (QED) is 0.352. The van der Waals surface area contributed by atoms with E-state index in [-0.39, 0.29) is 12.8 Å². The highest BCUT2D eigenvalue weighted by molar-refractivity contribution is 6.08. The predicted molar refractivity (Wildman–Crippen MR) is 47.0 cm³/mol. The van der Waals surface area contributed by atoms with Gasteiger partial charge in [-0.15, -0.1) is 0 Å². The van der Waals surface area contributed by atoms with E-state index >= 15 is 0 Å². The highest BCUT2D eigenvalue weighted by atomic mass is 16.4. The SMILES string of the molecule is NCC(N)(C(=O)O)C(=O)CCC(N)=O. The van der Waals surface area contributed by atoms with Crippen LogP contribution in [-0.4, -0.2) is 34.8 Å². The van der Waals surface area contributed by atoms with Gasteiger partial charge in [-0.1, -0.05) is 0 Å². The van der Waals surface area contributed by atoms with E-state index in [2.05, 4.69) is 0 Å². The van der Waals surface area contributed by atoms with Crippen molar-refractivity contribution >= 4 is 17.7 Å². The van der Waals surface area contributed by atoms with Crippen LogP contribution in [0.3, 0.4) is 0 Å². The molecule has 1 amide bonds. The number of rotatable bonds is 6. The topological polar surface area (TPSA) is 150 Å². The Labute approximate surface area is 80.2 Å². The van der Waals surface area contributed by atoms with Gasteiger partial charge in [0.2, 0.25) is 5.91 Å². The van der Waals surface area contributed by atoms with Gasteiger partial charge in [0.05, 0.1) is 0 Å². The summed E-state index contributed by atoms with van der Waals surface area (Å²) in [7, 11) is 0. The van der Waals surface area contributed by atoms with Crippen LogP contribution in [0.4, 0.5) is 0 Å². The third-order valence-electron chi connectivity index (χ3n) is 1.80. The molecule has 0 aliphatic carbocycles. The van der Waals surface area contributed by atoms with Crippen molar-refractivity contribution in [2.75, 3.05) is 6.54 Å². The number of hydrogen-bond acceptors (Lipinski definition) is 5. The van der Waals surface area contributed by atoms with Crippen LogP contribution < -0.4 is 17.2 Å². The first-order valence-electron chi connectivity index (χ1n) is 3.88. The van der Waals surface area contributed by atoms with Crippen LogP contribution in [0, 0.1) is 0 Å². The number of nitrogens with two attached hydrogens (primary N) is 3. The molecule has 7 N–H and O–H groups in total. The van der Waals surface area contributed by atoms with E-state index in [1.165, 1.54) is 0 Å². The normalized spacial score (nSPS) is 14.4. The molecular weight excluding hydrogens is 190 g/mol. The largest absolute Gasteiger partial charge is 0.479 e. The third-order valence-corrected chi connectivity index (χ3v) is 1.80. The van der Waals surface area contributed by atoms with Gasteiger partial charge in [0.15, 0.2) is 11.3 Å². The molecule has 0 aromatic heterocycles. The van der Waals surface area contributed by atoms with E-state index in [1.807, 2.05) is 0 Å². The molecule has 7 heteroatoms. The second-order valence-corrected chi connectivity index (χ2v) is 2.87. The fourth-order valence-corrected chi connectivity index (χ4v) is 0.780. The minimum atomic E-state index is -2.12. The Morgan fingerprint density at radius 3 is 2.00 bits per heavy atom. The minimum Gasteiger partial charge on any atom is -0.479 e. The van der Waals surface area contributed by atoms with Crippen LogP contribution >= 0.6 is 0 Å². The Balaban J connectivity index is 4.47. The highest BCUT2D eigenvalue weighted by Crippen LogP contribution is 2.05. The van der Waals surface area contributed by atoms with Crippen LogP contribution in [0.15, 0.2) is 0 Å². The molecule has 0 aromatic rings. The number of aliphatic carboxylic acids is 1. The Kier molecular flexibility index (Phi) is 4.19. The molecule has 0 fully saturated rings. The summed E-state index contributed by atoms with van der Waals surface area (Å²) in [5.74, 6) is -3.00. The molecule has 80 valence electrons. The maximum absolute atomic E-state index is 11.2. The average Bonchev–Trinajstić information content (AvgIpc) is 2.12. The average molecular weight is 203 g/mol. The fourth-order valence-electron chi connectivity index (χ4n) is 0.780. The number of amides is 1. The smallest absolute Gasteiger partial charge is 0.332 e. The number of ketones is 1.